The van der Waals surface area contributed by atoms with Crippen molar-refractivity contribution in [3.05, 3.63) is 24.0 Å². The Hall–Kier alpha value is -1.62. The van der Waals surface area contributed by atoms with Gasteiger partial charge in [0, 0.05) is 19.1 Å². The second kappa shape index (κ2) is 5.40. The number of likely N-dealkylation sites (tertiary alicyclic amines) is 1. The van der Waals surface area contributed by atoms with Gasteiger partial charge in [-0.15, -0.1) is 0 Å². The number of aromatic nitrogens is 2. The molecule has 0 bridgehead atoms. The number of hydrogen-bond acceptors (Lipinski definition) is 3. The van der Waals surface area contributed by atoms with Crippen LogP contribution in [-0.4, -0.2) is 34.1 Å². The minimum atomic E-state index is -0.234. The summed E-state index contributed by atoms with van der Waals surface area (Å²) in [6.07, 6.45) is 3.28. The molecule has 1 aromatic carbocycles. The van der Waals surface area contributed by atoms with Crippen molar-refractivity contribution in [2.45, 2.75) is 32.2 Å². The molecular weight excluding hydrogens is 255 g/mol. The SMILES string of the molecule is CCCN1CCC(n2c(N)nc3ccc(F)cc32)CC1. The van der Waals surface area contributed by atoms with Crippen LogP contribution in [0.25, 0.3) is 11.0 Å². The molecule has 0 spiro atoms. The second-order valence-corrected chi connectivity index (χ2v) is 5.55. The molecule has 2 N–H and O–H groups in total. The van der Waals surface area contributed by atoms with E-state index in [4.69, 9.17) is 5.73 Å². The summed E-state index contributed by atoms with van der Waals surface area (Å²) >= 11 is 0. The maximum absolute atomic E-state index is 13.5. The van der Waals surface area contributed by atoms with Gasteiger partial charge in [-0.3, -0.25) is 0 Å². The van der Waals surface area contributed by atoms with Gasteiger partial charge in [0.1, 0.15) is 5.82 Å². The van der Waals surface area contributed by atoms with Crippen molar-refractivity contribution >= 4 is 17.0 Å². The van der Waals surface area contributed by atoms with Crippen LogP contribution in [0.4, 0.5) is 10.3 Å². The molecule has 1 aliphatic rings. The van der Waals surface area contributed by atoms with E-state index in [1.165, 1.54) is 18.6 Å². The quantitative estimate of drug-likeness (QED) is 0.937. The molecule has 0 radical (unpaired) electrons. The molecule has 4 nitrogen and oxygen atoms in total. The zero-order valence-electron chi connectivity index (χ0n) is 11.8. The average Bonchev–Trinajstić information content (AvgIpc) is 2.76. The van der Waals surface area contributed by atoms with Crippen molar-refractivity contribution in [1.29, 1.82) is 0 Å². The summed E-state index contributed by atoms with van der Waals surface area (Å²) in [5.41, 5.74) is 7.64. The van der Waals surface area contributed by atoms with Crippen molar-refractivity contribution in [2.75, 3.05) is 25.4 Å². The zero-order valence-corrected chi connectivity index (χ0v) is 11.8. The summed E-state index contributed by atoms with van der Waals surface area (Å²) < 4.78 is 15.5. The highest BCUT2D eigenvalue weighted by molar-refractivity contribution is 5.78. The summed E-state index contributed by atoms with van der Waals surface area (Å²) in [6, 6.07) is 5.00. The normalized spacial score (nSPS) is 17.9. The van der Waals surface area contributed by atoms with Gasteiger partial charge in [0.05, 0.1) is 11.0 Å². The lowest BCUT2D eigenvalue weighted by Gasteiger charge is -2.33. The number of nitrogen functional groups attached to an aromatic ring is 1. The van der Waals surface area contributed by atoms with Gasteiger partial charge in [-0.2, -0.15) is 0 Å². The van der Waals surface area contributed by atoms with Crippen molar-refractivity contribution < 1.29 is 4.39 Å². The van der Waals surface area contributed by atoms with E-state index in [0.717, 1.165) is 43.5 Å². The van der Waals surface area contributed by atoms with Crippen LogP contribution in [0.2, 0.25) is 0 Å². The molecule has 5 heteroatoms. The first-order chi connectivity index (χ1) is 9.69. The number of nitrogens with two attached hydrogens (primary N) is 1. The molecule has 20 heavy (non-hydrogen) atoms. The molecule has 1 aromatic heterocycles. The molecule has 1 aliphatic heterocycles. The van der Waals surface area contributed by atoms with E-state index in [-0.39, 0.29) is 5.82 Å². The molecule has 0 unspecified atom stereocenters. The number of rotatable bonds is 3. The number of nitrogens with zero attached hydrogens (tertiary/aromatic N) is 3. The molecule has 0 aliphatic carbocycles. The third-order valence-corrected chi connectivity index (χ3v) is 4.14. The highest BCUT2D eigenvalue weighted by Gasteiger charge is 2.23. The Kier molecular flexibility index (Phi) is 3.61. The van der Waals surface area contributed by atoms with E-state index in [1.807, 2.05) is 4.57 Å². The molecule has 1 saturated heterocycles. The van der Waals surface area contributed by atoms with Crippen LogP contribution in [0.15, 0.2) is 18.2 Å². The number of halogens is 1. The maximum atomic E-state index is 13.5. The van der Waals surface area contributed by atoms with Crippen molar-refractivity contribution in [3.63, 3.8) is 0 Å². The predicted octanol–water partition coefficient (Wildman–Crippen LogP) is 2.80. The predicted molar refractivity (Wildman–Crippen MR) is 79.1 cm³/mol. The minimum absolute atomic E-state index is 0.234. The molecular formula is C15H21FN4. The summed E-state index contributed by atoms with van der Waals surface area (Å²) in [4.78, 5) is 6.82. The Morgan fingerprint density at radius 2 is 2.10 bits per heavy atom. The summed E-state index contributed by atoms with van der Waals surface area (Å²) in [7, 11) is 0. The largest absolute Gasteiger partial charge is 0.369 e. The van der Waals surface area contributed by atoms with Gasteiger partial charge in [-0.25, -0.2) is 9.37 Å². The molecule has 2 heterocycles. The van der Waals surface area contributed by atoms with E-state index < -0.39 is 0 Å². The van der Waals surface area contributed by atoms with Gasteiger partial charge < -0.3 is 15.2 Å². The number of anilines is 1. The fraction of sp³-hybridized carbons (Fsp3) is 0.533. The van der Waals surface area contributed by atoms with E-state index in [2.05, 4.69) is 16.8 Å². The Bertz CT molecular complexity index is 599. The molecule has 2 aromatic rings. The van der Waals surface area contributed by atoms with Gasteiger partial charge >= 0.3 is 0 Å². The number of piperidine rings is 1. The number of benzene rings is 1. The van der Waals surface area contributed by atoms with E-state index in [0.29, 0.717) is 12.0 Å². The van der Waals surface area contributed by atoms with Crippen LogP contribution < -0.4 is 5.73 Å². The van der Waals surface area contributed by atoms with Crippen LogP contribution in [-0.2, 0) is 0 Å². The fourth-order valence-electron chi connectivity index (χ4n) is 3.19. The molecule has 3 rings (SSSR count). The monoisotopic (exact) mass is 276 g/mol. The van der Waals surface area contributed by atoms with Crippen LogP contribution >= 0.6 is 0 Å². The fourth-order valence-corrected chi connectivity index (χ4v) is 3.19. The highest BCUT2D eigenvalue weighted by Crippen LogP contribution is 2.30. The Balaban J connectivity index is 1.87. The molecule has 0 saturated carbocycles. The standard InChI is InChI=1S/C15H21FN4/c1-2-7-19-8-5-12(6-9-19)20-14-10-11(16)3-4-13(14)18-15(20)17/h3-4,10,12H,2,5-9H2,1H3,(H2,17,18). The van der Waals surface area contributed by atoms with Crippen molar-refractivity contribution in [2.24, 2.45) is 0 Å². The number of fused-ring (bicyclic) bond motifs is 1. The van der Waals surface area contributed by atoms with Gasteiger partial charge in [0.2, 0.25) is 5.95 Å². The molecule has 0 amide bonds. The lowest BCUT2D eigenvalue weighted by atomic mass is 10.0. The second-order valence-electron chi connectivity index (χ2n) is 5.55. The topological polar surface area (TPSA) is 47.1 Å². The lowest BCUT2D eigenvalue weighted by Crippen LogP contribution is -2.35. The van der Waals surface area contributed by atoms with Crippen molar-refractivity contribution in [3.8, 4) is 0 Å². The molecule has 1 fully saturated rings. The van der Waals surface area contributed by atoms with E-state index in [1.54, 1.807) is 6.07 Å². The van der Waals surface area contributed by atoms with Crippen LogP contribution in [0.3, 0.4) is 0 Å². The Morgan fingerprint density at radius 1 is 1.35 bits per heavy atom. The highest BCUT2D eigenvalue weighted by atomic mass is 19.1. The molecule has 108 valence electrons. The summed E-state index contributed by atoms with van der Waals surface area (Å²) in [6.45, 7) is 5.51. The maximum Gasteiger partial charge on any atom is 0.201 e. The van der Waals surface area contributed by atoms with Gasteiger partial charge in [0.25, 0.3) is 0 Å². The number of hydrogen-bond donors (Lipinski definition) is 1. The third kappa shape index (κ3) is 2.38. The van der Waals surface area contributed by atoms with Crippen molar-refractivity contribution in [1.82, 2.24) is 14.5 Å². The molecule has 0 atom stereocenters. The average molecular weight is 276 g/mol. The Labute approximate surface area is 118 Å². The first kappa shape index (κ1) is 13.4. The smallest absolute Gasteiger partial charge is 0.201 e. The van der Waals surface area contributed by atoms with E-state index in [9.17, 15) is 4.39 Å². The van der Waals surface area contributed by atoms with Crippen LogP contribution in [0.1, 0.15) is 32.2 Å². The summed E-state index contributed by atoms with van der Waals surface area (Å²) in [5, 5.41) is 0. The first-order valence-electron chi connectivity index (χ1n) is 7.34. The van der Waals surface area contributed by atoms with Crippen LogP contribution in [0, 0.1) is 5.82 Å². The zero-order chi connectivity index (χ0) is 14.1. The summed E-state index contributed by atoms with van der Waals surface area (Å²) in [5.74, 6) is 0.265. The number of imidazole rings is 1. The van der Waals surface area contributed by atoms with Gasteiger partial charge in [-0.1, -0.05) is 6.92 Å². The Morgan fingerprint density at radius 3 is 2.80 bits per heavy atom. The minimum Gasteiger partial charge on any atom is -0.369 e. The first-order valence-corrected chi connectivity index (χ1v) is 7.34. The lowest BCUT2D eigenvalue weighted by molar-refractivity contribution is 0.189. The van der Waals surface area contributed by atoms with Gasteiger partial charge in [-0.05, 0) is 44.0 Å². The van der Waals surface area contributed by atoms with Crippen LogP contribution in [0.5, 0.6) is 0 Å². The van der Waals surface area contributed by atoms with E-state index >= 15 is 0 Å². The van der Waals surface area contributed by atoms with Gasteiger partial charge in [0.15, 0.2) is 0 Å². The third-order valence-electron chi connectivity index (χ3n) is 4.14.